The molecule has 0 aliphatic heterocycles. The zero-order valence-corrected chi connectivity index (χ0v) is 13.2. The number of benzene rings is 1. The molecule has 0 aliphatic rings. The van der Waals surface area contributed by atoms with Crippen molar-refractivity contribution in [3.63, 3.8) is 0 Å². The first-order chi connectivity index (χ1) is 9.97. The Balaban J connectivity index is 2.39. The van der Waals surface area contributed by atoms with Crippen molar-refractivity contribution < 1.29 is 4.79 Å². The maximum absolute atomic E-state index is 12.7. The van der Waals surface area contributed by atoms with Crippen molar-refractivity contribution in [2.75, 3.05) is 17.7 Å². The summed E-state index contributed by atoms with van der Waals surface area (Å²) in [5, 5.41) is 4.94. The minimum atomic E-state index is -0.155. The number of anilines is 2. The van der Waals surface area contributed by atoms with E-state index in [1.807, 2.05) is 19.9 Å². The topological polar surface area (TPSA) is 64.2 Å². The van der Waals surface area contributed by atoms with Gasteiger partial charge in [0.2, 0.25) is 0 Å². The summed E-state index contributed by atoms with van der Waals surface area (Å²) in [4.78, 5) is 14.2. The fourth-order valence-corrected chi connectivity index (χ4v) is 2.31. The predicted octanol–water partition coefficient (Wildman–Crippen LogP) is 2.98. The van der Waals surface area contributed by atoms with E-state index >= 15 is 0 Å². The van der Waals surface area contributed by atoms with Gasteiger partial charge in [0.25, 0.3) is 5.91 Å². The molecule has 0 saturated heterocycles. The Hall–Kier alpha value is -2.01. The Labute approximate surface area is 129 Å². The lowest BCUT2D eigenvalue weighted by Gasteiger charge is -2.19. The third-order valence-corrected chi connectivity index (χ3v) is 3.61. The van der Waals surface area contributed by atoms with Crippen molar-refractivity contribution >= 4 is 28.9 Å². The monoisotopic (exact) mass is 306 g/mol. The Kier molecular flexibility index (Phi) is 4.53. The van der Waals surface area contributed by atoms with Crippen LogP contribution in [-0.4, -0.2) is 22.7 Å². The van der Waals surface area contributed by atoms with Gasteiger partial charge < -0.3 is 10.6 Å². The van der Waals surface area contributed by atoms with Crippen molar-refractivity contribution in [3.8, 4) is 0 Å². The molecule has 2 N–H and O–H groups in total. The van der Waals surface area contributed by atoms with E-state index in [9.17, 15) is 4.79 Å². The number of amides is 1. The second kappa shape index (κ2) is 6.18. The van der Waals surface area contributed by atoms with Gasteiger partial charge in [0.1, 0.15) is 5.69 Å². The summed E-state index contributed by atoms with van der Waals surface area (Å²) in [7, 11) is 1.68. The lowest BCUT2D eigenvalue weighted by atomic mass is 10.2. The normalized spacial score (nSPS) is 10.7. The minimum absolute atomic E-state index is 0.155. The van der Waals surface area contributed by atoms with Gasteiger partial charge >= 0.3 is 0 Å². The number of nitrogen functional groups attached to an aromatic ring is 1. The molecular weight excluding hydrogens is 288 g/mol. The molecule has 1 amide bonds. The SMILES string of the molecule is CCc1cc(C(=O)N(C)c2cc(Cl)ccc2N)n(CC)n1. The lowest BCUT2D eigenvalue weighted by Crippen LogP contribution is -2.29. The van der Waals surface area contributed by atoms with Crippen molar-refractivity contribution in [1.29, 1.82) is 0 Å². The van der Waals surface area contributed by atoms with E-state index in [-0.39, 0.29) is 5.91 Å². The molecular formula is C15H19ClN4O. The smallest absolute Gasteiger partial charge is 0.276 e. The van der Waals surface area contributed by atoms with E-state index in [4.69, 9.17) is 17.3 Å². The number of nitrogens with two attached hydrogens (primary N) is 1. The van der Waals surface area contributed by atoms with Crippen LogP contribution in [0, 0.1) is 0 Å². The van der Waals surface area contributed by atoms with Crippen molar-refractivity contribution in [1.82, 2.24) is 9.78 Å². The molecule has 1 aromatic heterocycles. The maximum Gasteiger partial charge on any atom is 0.276 e. The first kappa shape index (κ1) is 15.4. The van der Waals surface area contributed by atoms with E-state index in [0.717, 1.165) is 12.1 Å². The molecule has 0 fully saturated rings. The highest BCUT2D eigenvalue weighted by molar-refractivity contribution is 6.31. The van der Waals surface area contributed by atoms with Crippen LogP contribution < -0.4 is 10.6 Å². The van der Waals surface area contributed by atoms with Gasteiger partial charge in [-0.05, 0) is 37.6 Å². The largest absolute Gasteiger partial charge is 0.397 e. The van der Waals surface area contributed by atoms with E-state index in [1.165, 1.54) is 4.90 Å². The molecule has 21 heavy (non-hydrogen) atoms. The summed E-state index contributed by atoms with van der Waals surface area (Å²) in [5.74, 6) is -0.155. The van der Waals surface area contributed by atoms with Gasteiger partial charge in [0, 0.05) is 18.6 Å². The molecule has 0 spiro atoms. The third-order valence-electron chi connectivity index (χ3n) is 3.37. The molecule has 0 atom stereocenters. The number of carbonyl (C=O) groups excluding carboxylic acids is 1. The van der Waals surface area contributed by atoms with Gasteiger partial charge in [-0.1, -0.05) is 18.5 Å². The number of aromatic nitrogens is 2. The Bertz CT molecular complexity index is 666. The summed E-state index contributed by atoms with van der Waals surface area (Å²) >= 11 is 5.99. The van der Waals surface area contributed by atoms with E-state index in [1.54, 1.807) is 29.9 Å². The predicted molar refractivity (Wildman–Crippen MR) is 85.9 cm³/mol. The van der Waals surface area contributed by atoms with Crippen LogP contribution in [0.3, 0.4) is 0 Å². The van der Waals surface area contributed by atoms with Crippen molar-refractivity contribution in [2.24, 2.45) is 0 Å². The number of nitrogens with zero attached hydrogens (tertiary/aromatic N) is 3. The first-order valence-electron chi connectivity index (χ1n) is 6.87. The van der Waals surface area contributed by atoms with Gasteiger partial charge in [0.15, 0.2) is 0 Å². The van der Waals surface area contributed by atoms with E-state index in [2.05, 4.69) is 5.10 Å². The molecule has 6 heteroatoms. The molecule has 0 aliphatic carbocycles. The number of hydrogen-bond acceptors (Lipinski definition) is 3. The van der Waals surface area contributed by atoms with Crippen LogP contribution in [0.1, 0.15) is 30.0 Å². The average molecular weight is 307 g/mol. The third kappa shape index (κ3) is 3.03. The molecule has 0 radical (unpaired) electrons. The van der Waals surface area contributed by atoms with Gasteiger partial charge in [-0.2, -0.15) is 5.10 Å². The molecule has 112 valence electrons. The van der Waals surface area contributed by atoms with Crippen LogP contribution in [0.15, 0.2) is 24.3 Å². The highest BCUT2D eigenvalue weighted by Crippen LogP contribution is 2.27. The second-order valence-electron chi connectivity index (χ2n) is 4.76. The quantitative estimate of drug-likeness (QED) is 0.883. The number of hydrogen-bond donors (Lipinski definition) is 1. The average Bonchev–Trinajstić information content (AvgIpc) is 2.91. The van der Waals surface area contributed by atoms with Crippen LogP contribution in [-0.2, 0) is 13.0 Å². The van der Waals surface area contributed by atoms with Crippen molar-refractivity contribution in [2.45, 2.75) is 26.8 Å². The van der Waals surface area contributed by atoms with Crippen LogP contribution >= 0.6 is 11.6 Å². The zero-order chi connectivity index (χ0) is 15.6. The summed E-state index contributed by atoms with van der Waals surface area (Å²) in [6, 6.07) is 6.89. The molecule has 0 bridgehead atoms. The molecule has 2 aromatic rings. The van der Waals surface area contributed by atoms with E-state index < -0.39 is 0 Å². The minimum Gasteiger partial charge on any atom is -0.397 e. The molecule has 0 unspecified atom stereocenters. The van der Waals surface area contributed by atoms with Gasteiger partial charge in [-0.25, -0.2) is 0 Å². The zero-order valence-electron chi connectivity index (χ0n) is 12.4. The van der Waals surface area contributed by atoms with Crippen molar-refractivity contribution in [3.05, 3.63) is 40.7 Å². The van der Waals surface area contributed by atoms with Crippen LogP contribution in [0.4, 0.5) is 11.4 Å². The number of carbonyl (C=O) groups is 1. The second-order valence-corrected chi connectivity index (χ2v) is 5.19. The summed E-state index contributed by atoms with van der Waals surface area (Å²) < 4.78 is 1.71. The van der Waals surface area contributed by atoms with E-state index in [0.29, 0.717) is 28.6 Å². The summed E-state index contributed by atoms with van der Waals surface area (Å²) in [5.41, 5.74) is 8.48. The first-order valence-corrected chi connectivity index (χ1v) is 7.25. The van der Waals surface area contributed by atoms with Gasteiger partial charge in [-0.15, -0.1) is 0 Å². The summed E-state index contributed by atoms with van der Waals surface area (Å²) in [6.07, 6.45) is 0.788. The Morgan fingerprint density at radius 2 is 2.10 bits per heavy atom. The number of aryl methyl sites for hydroxylation is 2. The van der Waals surface area contributed by atoms with Gasteiger partial charge in [-0.3, -0.25) is 9.48 Å². The maximum atomic E-state index is 12.7. The molecule has 1 aromatic carbocycles. The standard InChI is InChI=1S/C15H19ClN4O/c1-4-11-9-14(20(5-2)18-11)15(21)19(3)13-8-10(16)6-7-12(13)17/h6-9H,4-5,17H2,1-3H3. The van der Waals surface area contributed by atoms with Crippen LogP contribution in [0.2, 0.25) is 5.02 Å². The molecule has 2 rings (SSSR count). The lowest BCUT2D eigenvalue weighted by molar-refractivity contribution is 0.0983. The highest BCUT2D eigenvalue weighted by atomic mass is 35.5. The fraction of sp³-hybridized carbons (Fsp3) is 0.333. The molecule has 5 nitrogen and oxygen atoms in total. The van der Waals surface area contributed by atoms with Crippen LogP contribution in [0.25, 0.3) is 0 Å². The highest BCUT2D eigenvalue weighted by Gasteiger charge is 2.20. The number of halogens is 1. The number of rotatable bonds is 4. The van der Waals surface area contributed by atoms with Crippen LogP contribution in [0.5, 0.6) is 0 Å². The van der Waals surface area contributed by atoms with Gasteiger partial charge in [0.05, 0.1) is 17.1 Å². The molecule has 1 heterocycles. The summed E-state index contributed by atoms with van der Waals surface area (Å²) in [6.45, 7) is 4.60. The Morgan fingerprint density at radius 1 is 1.38 bits per heavy atom. The fourth-order valence-electron chi connectivity index (χ4n) is 2.14. The Morgan fingerprint density at radius 3 is 2.71 bits per heavy atom. The molecule has 0 saturated carbocycles.